The molecule has 5 nitrogen and oxygen atoms in total. The van der Waals surface area contributed by atoms with E-state index in [0.29, 0.717) is 12.5 Å². The van der Waals surface area contributed by atoms with Crippen molar-refractivity contribution in [1.82, 2.24) is 10.2 Å². The van der Waals surface area contributed by atoms with Crippen molar-refractivity contribution in [2.75, 3.05) is 32.8 Å². The molecule has 116 valence electrons. The van der Waals surface area contributed by atoms with Crippen molar-refractivity contribution in [3.8, 4) is 0 Å². The predicted molar refractivity (Wildman–Crippen MR) is 77.8 cm³/mol. The molecular formula is C15H28N2O3. The topological polar surface area (TPSA) is 50.8 Å². The number of carbonyl (C=O) groups is 1. The summed E-state index contributed by atoms with van der Waals surface area (Å²) in [6, 6.07) is 0. The number of carbonyl (C=O) groups excluding carboxylic acids is 1. The van der Waals surface area contributed by atoms with E-state index in [2.05, 4.69) is 5.32 Å². The molecule has 0 aromatic heterocycles. The standard InChI is InChI=1S/C15H28N2O3/c1-15(2,3)20-14(18)17-9-6-13(10-17)19-11-12-4-7-16-8-5-12/h12-13,16H,4-11H2,1-3H3. The summed E-state index contributed by atoms with van der Waals surface area (Å²) in [5.74, 6) is 0.673. The number of nitrogens with one attached hydrogen (secondary N) is 1. The fourth-order valence-electron chi connectivity index (χ4n) is 2.68. The molecule has 0 spiro atoms. The average molecular weight is 284 g/mol. The third kappa shape index (κ3) is 4.94. The lowest BCUT2D eigenvalue weighted by molar-refractivity contribution is 0.0126. The summed E-state index contributed by atoms with van der Waals surface area (Å²) >= 11 is 0. The predicted octanol–water partition coefficient (Wildman–Crippen LogP) is 2.01. The van der Waals surface area contributed by atoms with Crippen molar-refractivity contribution >= 4 is 6.09 Å². The van der Waals surface area contributed by atoms with Crippen molar-refractivity contribution in [1.29, 1.82) is 0 Å². The normalized spacial score (nSPS) is 24.9. The number of nitrogens with zero attached hydrogens (tertiary/aromatic N) is 1. The van der Waals surface area contributed by atoms with Gasteiger partial charge in [0.05, 0.1) is 12.6 Å². The third-order valence-corrected chi connectivity index (χ3v) is 3.82. The van der Waals surface area contributed by atoms with Gasteiger partial charge in [-0.2, -0.15) is 0 Å². The van der Waals surface area contributed by atoms with Gasteiger partial charge in [-0.25, -0.2) is 4.79 Å². The van der Waals surface area contributed by atoms with Crippen molar-refractivity contribution in [3.05, 3.63) is 0 Å². The maximum Gasteiger partial charge on any atom is 0.410 e. The summed E-state index contributed by atoms with van der Waals surface area (Å²) < 4.78 is 11.4. The molecule has 0 radical (unpaired) electrons. The Balaban J connectivity index is 1.68. The molecule has 1 unspecified atom stereocenters. The van der Waals surface area contributed by atoms with E-state index in [1.165, 1.54) is 12.8 Å². The number of ether oxygens (including phenoxy) is 2. The van der Waals surface area contributed by atoms with Gasteiger partial charge in [0.25, 0.3) is 0 Å². The summed E-state index contributed by atoms with van der Waals surface area (Å²) in [6.45, 7) is 10.1. The van der Waals surface area contributed by atoms with Gasteiger partial charge in [0.2, 0.25) is 0 Å². The van der Waals surface area contributed by atoms with Crippen LogP contribution in [-0.4, -0.2) is 55.5 Å². The molecule has 1 N–H and O–H groups in total. The molecule has 0 aromatic rings. The SMILES string of the molecule is CC(C)(C)OC(=O)N1CCC(OCC2CCNCC2)C1. The molecule has 2 saturated heterocycles. The quantitative estimate of drug-likeness (QED) is 0.861. The number of rotatable bonds is 3. The van der Waals surface area contributed by atoms with Crippen LogP contribution in [0, 0.1) is 5.92 Å². The highest BCUT2D eigenvalue weighted by Gasteiger charge is 2.30. The lowest BCUT2D eigenvalue weighted by Crippen LogP contribution is -2.36. The van der Waals surface area contributed by atoms with Gasteiger partial charge in [-0.15, -0.1) is 0 Å². The van der Waals surface area contributed by atoms with Gasteiger partial charge in [0, 0.05) is 13.2 Å². The lowest BCUT2D eigenvalue weighted by atomic mass is 9.99. The molecule has 2 heterocycles. The van der Waals surface area contributed by atoms with Crippen LogP contribution >= 0.6 is 0 Å². The van der Waals surface area contributed by atoms with Gasteiger partial charge < -0.3 is 19.7 Å². The Morgan fingerprint density at radius 2 is 1.95 bits per heavy atom. The van der Waals surface area contributed by atoms with Crippen LogP contribution in [0.4, 0.5) is 4.79 Å². The van der Waals surface area contributed by atoms with Crippen LogP contribution in [0.2, 0.25) is 0 Å². The van der Waals surface area contributed by atoms with Crippen LogP contribution in [0.1, 0.15) is 40.0 Å². The smallest absolute Gasteiger partial charge is 0.410 e. The largest absolute Gasteiger partial charge is 0.444 e. The molecule has 2 aliphatic rings. The Morgan fingerprint density at radius 1 is 1.25 bits per heavy atom. The van der Waals surface area contributed by atoms with Gasteiger partial charge in [0.1, 0.15) is 5.60 Å². The maximum atomic E-state index is 12.0. The van der Waals surface area contributed by atoms with Crippen LogP contribution in [0.5, 0.6) is 0 Å². The van der Waals surface area contributed by atoms with E-state index in [1.54, 1.807) is 4.90 Å². The molecule has 0 aromatic carbocycles. The summed E-state index contributed by atoms with van der Waals surface area (Å²) in [4.78, 5) is 13.7. The Labute approximate surface area is 122 Å². The van der Waals surface area contributed by atoms with Crippen molar-refractivity contribution in [2.24, 2.45) is 5.92 Å². The van der Waals surface area contributed by atoms with E-state index >= 15 is 0 Å². The molecule has 1 amide bonds. The minimum atomic E-state index is -0.425. The molecule has 1 atom stereocenters. The Hall–Kier alpha value is -0.810. The van der Waals surface area contributed by atoms with E-state index in [-0.39, 0.29) is 12.2 Å². The Kier molecular flexibility index (Phi) is 5.27. The zero-order chi connectivity index (χ0) is 14.6. The third-order valence-electron chi connectivity index (χ3n) is 3.82. The van der Waals surface area contributed by atoms with E-state index in [9.17, 15) is 4.79 Å². The molecule has 2 fully saturated rings. The zero-order valence-electron chi connectivity index (χ0n) is 13.0. The molecule has 0 bridgehead atoms. The molecule has 20 heavy (non-hydrogen) atoms. The van der Waals surface area contributed by atoms with Crippen molar-refractivity contribution in [2.45, 2.75) is 51.7 Å². The highest BCUT2D eigenvalue weighted by molar-refractivity contribution is 5.68. The second kappa shape index (κ2) is 6.76. The van der Waals surface area contributed by atoms with E-state index in [1.807, 2.05) is 20.8 Å². The number of amides is 1. The van der Waals surface area contributed by atoms with Gasteiger partial charge in [-0.1, -0.05) is 0 Å². The van der Waals surface area contributed by atoms with Crippen LogP contribution in [0.25, 0.3) is 0 Å². The van der Waals surface area contributed by atoms with E-state index in [0.717, 1.165) is 32.7 Å². The van der Waals surface area contributed by atoms with E-state index in [4.69, 9.17) is 9.47 Å². The molecule has 2 rings (SSSR count). The molecule has 2 aliphatic heterocycles. The van der Waals surface area contributed by atoms with Crippen molar-refractivity contribution < 1.29 is 14.3 Å². The lowest BCUT2D eigenvalue weighted by Gasteiger charge is -2.25. The number of likely N-dealkylation sites (tertiary alicyclic amines) is 1. The summed E-state index contributed by atoms with van der Waals surface area (Å²) in [5, 5.41) is 3.36. The fourth-order valence-corrected chi connectivity index (χ4v) is 2.68. The first kappa shape index (κ1) is 15.6. The van der Waals surface area contributed by atoms with Crippen LogP contribution in [0.15, 0.2) is 0 Å². The second-order valence-electron chi connectivity index (χ2n) is 6.86. The minimum absolute atomic E-state index is 0.178. The van der Waals surface area contributed by atoms with Crippen LogP contribution in [-0.2, 0) is 9.47 Å². The molecule has 5 heteroatoms. The van der Waals surface area contributed by atoms with Gasteiger partial charge in [-0.05, 0) is 59.0 Å². The summed E-state index contributed by atoms with van der Waals surface area (Å²) in [6.07, 6.45) is 3.28. The summed E-state index contributed by atoms with van der Waals surface area (Å²) in [5.41, 5.74) is -0.425. The summed E-state index contributed by atoms with van der Waals surface area (Å²) in [7, 11) is 0. The first-order valence-electron chi connectivity index (χ1n) is 7.74. The van der Waals surface area contributed by atoms with Gasteiger partial charge >= 0.3 is 6.09 Å². The average Bonchev–Trinajstić information content (AvgIpc) is 2.84. The molecule has 0 saturated carbocycles. The number of hydrogen-bond acceptors (Lipinski definition) is 4. The highest BCUT2D eigenvalue weighted by atomic mass is 16.6. The Morgan fingerprint density at radius 3 is 2.60 bits per heavy atom. The zero-order valence-corrected chi connectivity index (χ0v) is 13.0. The van der Waals surface area contributed by atoms with Gasteiger partial charge in [-0.3, -0.25) is 0 Å². The maximum absolute atomic E-state index is 12.0. The van der Waals surface area contributed by atoms with E-state index < -0.39 is 5.60 Å². The Bertz CT molecular complexity index is 322. The molecular weight excluding hydrogens is 256 g/mol. The highest BCUT2D eigenvalue weighted by Crippen LogP contribution is 2.19. The van der Waals surface area contributed by atoms with Gasteiger partial charge in [0.15, 0.2) is 0 Å². The first-order chi connectivity index (χ1) is 9.44. The minimum Gasteiger partial charge on any atom is -0.444 e. The number of piperidine rings is 1. The second-order valence-corrected chi connectivity index (χ2v) is 6.86. The van der Waals surface area contributed by atoms with Crippen LogP contribution in [0.3, 0.4) is 0 Å². The fraction of sp³-hybridized carbons (Fsp3) is 0.933. The van der Waals surface area contributed by atoms with Crippen molar-refractivity contribution in [3.63, 3.8) is 0 Å². The van der Waals surface area contributed by atoms with Crippen LogP contribution < -0.4 is 5.32 Å². The molecule has 0 aliphatic carbocycles. The number of hydrogen-bond donors (Lipinski definition) is 1. The first-order valence-corrected chi connectivity index (χ1v) is 7.74. The monoisotopic (exact) mass is 284 g/mol.